The van der Waals surface area contributed by atoms with Crippen molar-refractivity contribution in [3.8, 4) is 11.5 Å². The molecule has 2 fully saturated rings. The molecule has 0 N–H and O–H groups in total. The van der Waals surface area contributed by atoms with Crippen LogP contribution in [0.3, 0.4) is 0 Å². The second-order valence-electron chi connectivity index (χ2n) is 14.9. The average Bonchev–Trinajstić information content (AvgIpc) is 3.86. The first-order valence-corrected chi connectivity index (χ1v) is 19.5. The number of likely N-dealkylation sites (tertiary alicyclic amines) is 1. The molecule has 14 heteroatoms. The SMILES string of the molecule is COc1ccc(S(=O)(=O)N2C(=O)C(c3cc(CN4CCN(C)CC4)ccc3OC)(N3CC(OC(C)(C)C)CC3c3ncco3)c3cc(Cl)ccc32)cc1. The van der Waals surface area contributed by atoms with Gasteiger partial charge in [-0.3, -0.25) is 14.6 Å². The standard InChI is InChI=1S/C39H46ClN5O7S/c1-38(2,3)52-29-23-34(36-41-15-20-51-36)44(25-29)39(32-21-26(7-14-35(32)50-6)24-43-18-16-42(4)17-19-43)31-22-27(40)8-13-33(31)45(37(39)46)53(47,48)30-11-9-28(49-5)10-12-30/h7-15,20-22,29,34H,16-19,23-25H2,1-6H3. The summed E-state index contributed by atoms with van der Waals surface area (Å²) in [6.45, 7) is 10.5. The third-order valence-electron chi connectivity index (χ3n) is 10.3. The number of carbonyl (C=O) groups is 1. The number of likely N-dealkylation sites (N-methyl/N-ethyl adjacent to an activating group) is 1. The van der Waals surface area contributed by atoms with Gasteiger partial charge in [-0.05, 0) is 94.4 Å². The van der Waals surface area contributed by atoms with Gasteiger partial charge in [0.2, 0.25) is 5.89 Å². The van der Waals surface area contributed by atoms with Crippen molar-refractivity contribution in [2.45, 2.75) is 61.9 Å². The van der Waals surface area contributed by atoms with Gasteiger partial charge in [-0.15, -0.1) is 0 Å². The summed E-state index contributed by atoms with van der Waals surface area (Å²) in [5, 5.41) is 0.339. The summed E-state index contributed by atoms with van der Waals surface area (Å²) >= 11 is 6.79. The highest BCUT2D eigenvalue weighted by Crippen LogP contribution is 2.57. The van der Waals surface area contributed by atoms with Crippen LogP contribution in [0.1, 0.15) is 55.8 Å². The van der Waals surface area contributed by atoms with Crippen molar-refractivity contribution in [2.75, 3.05) is 58.3 Å². The second kappa shape index (κ2) is 14.3. The van der Waals surface area contributed by atoms with Gasteiger partial charge in [-0.1, -0.05) is 17.7 Å². The van der Waals surface area contributed by atoms with E-state index in [1.54, 1.807) is 43.6 Å². The minimum absolute atomic E-state index is 0.0706. The molecule has 7 rings (SSSR count). The molecular formula is C39H46ClN5O7S. The minimum Gasteiger partial charge on any atom is -0.497 e. The van der Waals surface area contributed by atoms with Crippen LogP contribution in [0.2, 0.25) is 5.02 Å². The first kappa shape index (κ1) is 37.3. The highest BCUT2D eigenvalue weighted by Gasteiger charge is 2.64. The number of amides is 1. The summed E-state index contributed by atoms with van der Waals surface area (Å²) in [5.74, 6) is 0.579. The zero-order chi connectivity index (χ0) is 37.7. The fourth-order valence-electron chi connectivity index (χ4n) is 7.92. The summed E-state index contributed by atoms with van der Waals surface area (Å²) in [5.41, 5.74) is -0.270. The Hall–Kier alpha value is -3.98. The van der Waals surface area contributed by atoms with Gasteiger partial charge in [0.05, 0.1) is 48.7 Å². The summed E-state index contributed by atoms with van der Waals surface area (Å²) < 4.78 is 54.5. The summed E-state index contributed by atoms with van der Waals surface area (Å²) in [6.07, 6.45) is 3.12. The number of piperazine rings is 1. The van der Waals surface area contributed by atoms with Gasteiger partial charge >= 0.3 is 0 Å². The normalized spacial score (nSPS) is 23.1. The number of fused-ring (bicyclic) bond motifs is 1. The smallest absolute Gasteiger partial charge is 0.271 e. The lowest BCUT2D eigenvalue weighted by Gasteiger charge is -2.41. The highest BCUT2D eigenvalue weighted by molar-refractivity contribution is 7.93. The molecule has 4 aromatic rings. The molecule has 0 saturated carbocycles. The van der Waals surface area contributed by atoms with Crippen LogP contribution in [0.4, 0.5) is 5.69 Å². The molecule has 1 amide bonds. The molecule has 53 heavy (non-hydrogen) atoms. The maximum Gasteiger partial charge on any atom is 0.271 e. The van der Waals surface area contributed by atoms with Crippen molar-refractivity contribution in [1.29, 1.82) is 0 Å². The molecule has 3 aliphatic heterocycles. The molecule has 3 unspecified atom stereocenters. The molecule has 4 heterocycles. The van der Waals surface area contributed by atoms with E-state index >= 15 is 4.79 Å². The van der Waals surface area contributed by atoms with E-state index in [1.807, 2.05) is 43.9 Å². The van der Waals surface area contributed by atoms with E-state index in [-0.39, 0.29) is 23.2 Å². The molecule has 1 aromatic heterocycles. The first-order chi connectivity index (χ1) is 25.3. The molecule has 3 aromatic carbocycles. The van der Waals surface area contributed by atoms with E-state index in [0.29, 0.717) is 46.5 Å². The van der Waals surface area contributed by atoms with E-state index in [4.69, 9.17) is 30.2 Å². The lowest BCUT2D eigenvalue weighted by molar-refractivity contribution is -0.128. The van der Waals surface area contributed by atoms with Crippen molar-refractivity contribution in [1.82, 2.24) is 19.7 Å². The predicted molar refractivity (Wildman–Crippen MR) is 201 cm³/mol. The van der Waals surface area contributed by atoms with E-state index in [9.17, 15) is 8.42 Å². The topological polar surface area (TPSA) is 118 Å². The summed E-state index contributed by atoms with van der Waals surface area (Å²) in [4.78, 5) is 27.1. The van der Waals surface area contributed by atoms with Crippen LogP contribution < -0.4 is 13.8 Å². The Morgan fingerprint density at radius 2 is 1.70 bits per heavy atom. The molecule has 0 spiro atoms. The number of aromatic nitrogens is 1. The fraction of sp³-hybridized carbons (Fsp3) is 0.436. The zero-order valence-corrected chi connectivity index (χ0v) is 32.5. The van der Waals surface area contributed by atoms with Gasteiger partial charge in [0.25, 0.3) is 15.9 Å². The van der Waals surface area contributed by atoms with Crippen LogP contribution in [0.15, 0.2) is 82.4 Å². The Morgan fingerprint density at radius 3 is 2.34 bits per heavy atom. The van der Waals surface area contributed by atoms with Crippen LogP contribution in [-0.2, 0) is 31.6 Å². The van der Waals surface area contributed by atoms with E-state index in [2.05, 4.69) is 21.8 Å². The van der Waals surface area contributed by atoms with Gasteiger partial charge in [0, 0.05) is 55.4 Å². The van der Waals surface area contributed by atoms with Gasteiger partial charge in [0.15, 0.2) is 5.54 Å². The number of benzene rings is 3. The average molecular weight is 764 g/mol. The Bertz CT molecular complexity index is 2060. The van der Waals surface area contributed by atoms with Gasteiger partial charge in [-0.25, -0.2) is 17.7 Å². The monoisotopic (exact) mass is 763 g/mol. The van der Waals surface area contributed by atoms with Crippen molar-refractivity contribution in [2.24, 2.45) is 0 Å². The van der Waals surface area contributed by atoms with Crippen LogP contribution in [0.25, 0.3) is 0 Å². The third-order valence-corrected chi connectivity index (χ3v) is 12.2. The highest BCUT2D eigenvalue weighted by atomic mass is 35.5. The first-order valence-electron chi connectivity index (χ1n) is 17.7. The number of hydrogen-bond donors (Lipinski definition) is 0. The lowest BCUT2D eigenvalue weighted by atomic mass is 9.80. The zero-order valence-electron chi connectivity index (χ0n) is 30.9. The molecule has 12 nitrogen and oxygen atoms in total. The lowest BCUT2D eigenvalue weighted by Crippen LogP contribution is -2.55. The number of rotatable bonds is 10. The van der Waals surface area contributed by atoms with Gasteiger partial charge in [-0.2, -0.15) is 0 Å². The van der Waals surface area contributed by atoms with Crippen LogP contribution in [-0.4, -0.2) is 99.7 Å². The molecule has 0 radical (unpaired) electrons. The van der Waals surface area contributed by atoms with Crippen LogP contribution in [0, 0.1) is 0 Å². The molecule has 282 valence electrons. The maximum atomic E-state index is 15.9. The number of sulfonamides is 1. The maximum absolute atomic E-state index is 15.9. The largest absolute Gasteiger partial charge is 0.497 e. The van der Waals surface area contributed by atoms with Gasteiger partial charge < -0.3 is 23.5 Å². The number of oxazole rings is 1. The molecule has 0 aliphatic carbocycles. The number of ether oxygens (including phenoxy) is 3. The number of hydrogen-bond acceptors (Lipinski definition) is 11. The van der Waals surface area contributed by atoms with Crippen molar-refractivity contribution < 1.29 is 31.8 Å². The third kappa shape index (κ3) is 6.83. The van der Waals surface area contributed by atoms with Crippen molar-refractivity contribution in [3.05, 3.63) is 101 Å². The molecule has 2 saturated heterocycles. The van der Waals surface area contributed by atoms with Crippen LogP contribution >= 0.6 is 11.6 Å². The minimum atomic E-state index is -4.48. The van der Waals surface area contributed by atoms with E-state index in [0.717, 1.165) is 36.0 Å². The Balaban J connectivity index is 1.49. The molecular weight excluding hydrogens is 718 g/mol. The molecule has 0 bridgehead atoms. The van der Waals surface area contributed by atoms with Crippen LogP contribution in [0.5, 0.6) is 11.5 Å². The molecule has 3 atom stereocenters. The molecule has 3 aliphatic rings. The Labute approximate surface area is 316 Å². The quantitative estimate of drug-likeness (QED) is 0.198. The second-order valence-corrected chi connectivity index (χ2v) is 17.1. The predicted octanol–water partition coefficient (Wildman–Crippen LogP) is 5.70. The van der Waals surface area contributed by atoms with Crippen molar-refractivity contribution in [3.63, 3.8) is 0 Å². The summed E-state index contributed by atoms with van der Waals surface area (Å²) in [6, 6.07) is 16.1. The number of methoxy groups -OCH3 is 2. The number of halogens is 1. The Kier molecular flexibility index (Phi) is 10.1. The number of anilines is 1. The summed E-state index contributed by atoms with van der Waals surface area (Å²) in [7, 11) is 0.688. The Morgan fingerprint density at radius 1 is 0.962 bits per heavy atom. The van der Waals surface area contributed by atoms with Crippen molar-refractivity contribution >= 4 is 33.2 Å². The fourth-order valence-corrected chi connectivity index (χ4v) is 9.55. The number of carbonyl (C=O) groups excluding carboxylic acids is 1. The van der Waals surface area contributed by atoms with E-state index < -0.39 is 33.1 Å². The number of nitrogens with zero attached hydrogens (tertiary/aromatic N) is 5. The van der Waals surface area contributed by atoms with Gasteiger partial charge in [0.1, 0.15) is 17.8 Å². The van der Waals surface area contributed by atoms with E-state index in [1.165, 1.54) is 25.5 Å².